The molecule has 98 valence electrons. The van der Waals surface area contributed by atoms with Crippen molar-refractivity contribution in [2.45, 2.75) is 13.3 Å². The summed E-state index contributed by atoms with van der Waals surface area (Å²) in [5.74, 6) is 1.07. The lowest BCUT2D eigenvalue weighted by atomic mass is 10.2. The van der Waals surface area contributed by atoms with Crippen LogP contribution in [0.25, 0.3) is 0 Å². The predicted octanol–water partition coefficient (Wildman–Crippen LogP) is 1.98. The molecule has 1 N–H and O–H groups in total. The second-order valence-corrected chi connectivity index (χ2v) is 4.67. The maximum atomic E-state index is 12.0. The number of rotatable bonds is 3. The van der Waals surface area contributed by atoms with Crippen LogP contribution in [0.4, 0.5) is 11.5 Å². The fraction of sp³-hybridized carbons (Fsp3) is 0.286. The highest BCUT2D eigenvalue weighted by Gasteiger charge is 2.20. The molecule has 1 aliphatic rings. The lowest BCUT2D eigenvalue weighted by Crippen LogP contribution is -2.31. The first-order valence-electron chi connectivity index (χ1n) is 6.28. The number of para-hydroxylation sites is 1. The van der Waals surface area contributed by atoms with Crippen LogP contribution < -0.4 is 10.2 Å². The van der Waals surface area contributed by atoms with Crippen molar-refractivity contribution in [3.63, 3.8) is 0 Å². The van der Waals surface area contributed by atoms with Crippen LogP contribution in [-0.4, -0.2) is 24.2 Å². The molecule has 0 fully saturated rings. The quantitative estimate of drug-likeness (QED) is 0.913. The molecule has 0 saturated carbocycles. The van der Waals surface area contributed by atoms with Crippen molar-refractivity contribution in [3.05, 3.63) is 41.7 Å². The van der Waals surface area contributed by atoms with Crippen molar-refractivity contribution in [1.82, 2.24) is 5.16 Å². The van der Waals surface area contributed by atoms with E-state index in [9.17, 15) is 4.79 Å². The molecule has 0 spiro atoms. The smallest absolute Gasteiger partial charge is 0.245 e. The maximum absolute atomic E-state index is 12.0. The molecule has 1 aliphatic heterocycles. The number of benzene rings is 1. The summed E-state index contributed by atoms with van der Waals surface area (Å²) in [5.41, 5.74) is 2.45. The molecule has 3 rings (SSSR count). The van der Waals surface area contributed by atoms with E-state index in [1.165, 1.54) is 5.56 Å². The van der Waals surface area contributed by atoms with Gasteiger partial charge in [0.2, 0.25) is 5.91 Å². The molecule has 0 saturated heterocycles. The Kier molecular flexibility index (Phi) is 2.95. The number of hydrogen-bond acceptors (Lipinski definition) is 4. The van der Waals surface area contributed by atoms with Crippen molar-refractivity contribution in [3.8, 4) is 0 Å². The maximum Gasteiger partial charge on any atom is 0.245 e. The Labute approximate surface area is 111 Å². The van der Waals surface area contributed by atoms with E-state index in [4.69, 9.17) is 4.52 Å². The van der Waals surface area contributed by atoms with Gasteiger partial charge in [-0.1, -0.05) is 23.4 Å². The van der Waals surface area contributed by atoms with Gasteiger partial charge >= 0.3 is 0 Å². The highest BCUT2D eigenvalue weighted by molar-refractivity contribution is 5.93. The summed E-state index contributed by atoms with van der Waals surface area (Å²) in [4.78, 5) is 14.0. The van der Waals surface area contributed by atoms with Gasteiger partial charge in [-0.25, -0.2) is 0 Å². The Morgan fingerprint density at radius 1 is 1.47 bits per heavy atom. The Hall–Kier alpha value is -2.30. The van der Waals surface area contributed by atoms with Gasteiger partial charge in [0.05, 0.1) is 6.54 Å². The molecule has 19 heavy (non-hydrogen) atoms. The average Bonchev–Trinajstić information content (AvgIpc) is 2.97. The molecule has 5 heteroatoms. The molecule has 1 amide bonds. The highest BCUT2D eigenvalue weighted by atomic mass is 16.5. The van der Waals surface area contributed by atoms with Crippen molar-refractivity contribution >= 4 is 17.4 Å². The van der Waals surface area contributed by atoms with E-state index >= 15 is 0 Å². The Morgan fingerprint density at radius 2 is 2.32 bits per heavy atom. The number of fused-ring (bicyclic) bond motifs is 1. The van der Waals surface area contributed by atoms with E-state index in [-0.39, 0.29) is 5.91 Å². The topological polar surface area (TPSA) is 58.4 Å². The summed E-state index contributed by atoms with van der Waals surface area (Å²) in [6.45, 7) is 3.01. The molecular formula is C14H15N3O2. The molecular weight excluding hydrogens is 242 g/mol. The molecule has 0 radical (unpaired) electrons. The number of aromatic nitrogens is 1. The number of anilines is 2. The Bertz CT molecular complexity index is 606. The average molecular weight is 257 g/mol. The molecule has 0 bridgehead atoms. The molecule has 1 aromatic heterocycles. The van der Waals surface area contributed by atoms with Gasteiger partial charge in [-0.15, -0.1) is 0 Å². The summed E-state index contributed by atoms with van der Waals surface area (Å²) in [7, 11) is 0. The van der Waals surface area contributed by atoms with E-state index in [1.807, 2.05) is 12.1 Å². The minimum Gasteiger partial charge on any atom is -0.362 e. The van der Waals surface area contributed by atoms with Gasteiger partial charge in [0.1, 0.15) is 5.76 Å². The molecule has 5 nitrogen and oxygen atoms in total. The number of amides is 1. The second-order valence-electron chi connectivity index (χ2n) is 4.67. The fourth-order valence-corrected chi connectivity index (χ4v) is 2.35. The normalized spacial score (nSPS) is 13.4. The van der Waals surface area contributed by atoms with Crippen LogP contribution >= 0.6 is 0 Å². The van der Waals surface area contributed by atoms with Gasteiger partial charge in [0.15, 0.2) is 5.82 Å². The van der Waals surface area contributed by atoms with Crippen LogP contribution in [0.3, 0.4) is 0 Å². The second kappa shape index (κ2) is 4.76. The summed E-state index contributed by atoms with van der Waals surface area (Å²) >= 11 is 0. The number of carbonyl (C=O) groups excluding carboxylic acids is 1. The van der Waals surface area contributed by atoms with Crippen LogP contribution in [-0.2, 0) is 11.2 Å². The number of carbonyl (C=O) groups is 1. The Balaban J connectivity index is 1.65. The predicted molar refractivity (Wildman–Crippen MR) is 72.2 cm³/mol. The van der Waals surface area contributed by atoms with Gasteiger partial charge in [-0.05, 0) is 25.0 Å². The van der Waals surface area contributed by atoms with Gasteiger partial charge in [0.25, 0.3) is 0 Å². The number of nitrogens with one attached hydrogen (secondary N) is 1. The number of hydrogen-bond donors (Lipinski definition) is 1. The van der Waals surface area contributed by atoms with Crippen LogP contribution in [0.15, 0.2) is 34.9 Å². The van der Waals surface area contributed by atoms with E-state index in [2.05, 4.69) is 27.5 Å². The number of nitrogens with zero attached hydrogens (tertiary/aromatic N) is 2. The largest absolute Gasteiger partial charge is 0.362 e. The summed E-state index contributed by atoms with van der Waals surface area (Å²) < 4.78 is 4.91. The van der Waals surface area contributed by atoms with Gasteiger partial charge in [-0.2, -0.15) is 0 Å². The highest BCUT2D eigenvalue weighted by Crippen LogP contribution is 2.26. The van der Waals surface area contributed by atoms with Crippen LogP contribution in [0.1, 0.15) is 11.3 Å². The third-order valence-electron chi connectivity index (χ3n) is 3.21. The van der Waals surface area contributed by atoms with Crippen LogP contribution in [0, 0.1) is 6.92 Å². The van der Waals surface area contributed by atoms with Crippen molar-refractivity contribution in [1.29, 1.82) is 0 Å². The summed E-state index contributed by atoms with van der Waals surface area (Å²) in [6, 6.07) is 9.89. The molecule has 0 unspecified atom stereocenters. The van der Waals surface area contributed by atoms with Crippen molar-refractivity contribution < 1.29 is 9.32 Å². The first-order valence-corrected chi connectivity index (χ1v) is 6.28. The first kappa shape index (κ1) is 11.8. The monoisotopic (exact) mass is 257 g/mol. The zero-order valence-electron chi connectivity index (χ0n) is 10.7. The molecule has 0 atom stereocenters. The minimum atomic E-state index is -0.0787. The summed E-state index contributed by atoms with van der Waals surface area (Å²) in [5, 5.41) is 6.48. The van der Waals surface area contributed by atoms with Gasteiger partial charge < -0.3 is 14.7 Å². The molecule has 0 aliphatic carbocycles. The van der Waals surface area contributed by atoms with E-state index in [0.717, 1.165) is 18.7 Å². The van der Waals surface area contributed by atoms with E-state index in [1.54, 1.807) is 13.0 Å². The third-order valence-corrected chi connectivity index (χ3v) is 3.21. The zero-order valence-corrected chi connectivity index (χ0v) is 10.7. The summed E-state index contributed by atoms with van der Waals surface area (Å²) in [6.07, 6.45) is 0.993. The fourth-order valence-electron chi connectivity index (χ4n) is 2.35. The van der Waals surface area contributed by atoms with E-state index in [0.29, 0.717) is 18.1 Å². The van der Waals surface area contributed by atoms with Crippen molar-refractivity contribution in [2.75, 3.05) is 23.3 Å². The van der Waals surface area contributed by atoms with E-state index < -0.39 is 0 Å². The first-order chi connectivity index (χ1) is 9.22. The van der Waals surface area contributed by atoms with Gasteiger partial charge in [0, 0.05) is 18.3 Å². The standard InChI is InChI=1S/C14H15N3O2/c1-10-8-13(16-19-10)15-14(18)9-17-7-6-11-4-2-3-5-12(11)17/h2-5,8H,6-7,9H2,1H3,(H,15,16,18). The lowest BCUT2D eigenvalue weighted by molar-refractivity contribution is -0.115. The van der Waals surface area contributed by atoms with Crippen molar-refractivity contribution in [2.24, 2.45) is 0 Å². The van der Waals surface area contributed by atoms with Gasteiger partial charge in [-0.3, -0.25) is 4.79 Å². The number of aryl methyl sites for hydroxylation is 1. The zero-order chi connectivity index (χ0) is 13.2. The minimum absolute atomic E-state index is 0.0787. The third kappa shape index (κ3) is 2.45. The SMILES string of the molecule is Cc1cc(NC(=O)CN2CCc3ccccc32)no1. The lowest BCUT2D eigenvalue weighted by Gasteiger charge is -2.18. The molecule has 2 aromatic rings. The van der Waals surface area contributed by atoms with Crippen LogP contribution in [0.2, 0.25) is 0 Å². The molecule has 2 heterocycles. The van der Waals surface area contributed by atoms with Crippen LogP contribution in [0.5, 0.6) is 0 Å². The Morgan fingerprint density at radius 3 is 3.11 bits per heavy atom. The molecule has 1 aromatic carbocycles.